The number of hydrogen-bond acceptors (Lipinski definition) is 6. The number of aryl methyl sites for hydroxylation is 1. The Morgan fingerprint density at radius 2 is 1.85 bits per heavy atom. The zero-order chi connectivity index (χ0) is 24.1. The van der Waals surface area contributed by atoms with Crippen LogP contribution in [0.5, 0.6) is 5.75 Å². The van der Waals surface area contributed by atoms with Gasteiger partial charge in [0.25, 0.3) is 5.91 Å². The maximum atomic E-state index is 13.4. The van der Waals surface area contributed by atoms with Gasteiger partial charge in [0.05, 0.1) is 36.3 Å². The first-order valence-corrected chi connectivity index (χ1v) is 11.1. The lowest BCUT2D eigenvalue weighted by atomic mass is 10.0. The summed E-state index contributed by atoms with van der Waals surface area (Å²) in [5.74, 6) is 0.690. The number of aromatic nitrogens is 4. The van der Waals surface area contributed by atoms with E-state index >= 15 is 0 Å². The van der Waals surface area contributed by atoms with Crippen LogP contribution in [0.1, 0.15) is 47.1 Å². The van der Waals surface area contributed by atoms with Crippen molar-refractivity contribution < 1.29 is 9.53 Å². The normalized spacial score (nSPS) is 10.9. The van der Waals surface area contributed by atoms with Crippen LogP contribution in [0.3, 0.4) is 0 Å². The van der Waals surface area contributed by atoms with Crippen molar-refractivity contribution in [3.05, 3.63) is 89.8 Å². The van der Waals surface area contributed by atoms with Crippen LogP contribution in [0.4, 0.5) is 0 Å². The molecule has 0 bridgehead atoms. The molecule has 0 atom stereocenters. The summed E-state index contributed by atoms with van der Waals surface area (Å²) in [5.41, 5.74) is 5.94. The second-order valence-corrected chi connectivity index (χ2v) is 8.31. The Labute approximate surface area is 199 Å². The molecule has 0 aliphatic carbocycles. The van der Waals surface area contributed by atoms with Crippen molar-refractivity contribution in [1.29, 1.82) is 0 Å². The summed E-state index contributed by atoms with van der Waals surface area (Å²) in [6.45, 7) is 6.38. The minimum absolute atomic E-state index is 0.199. The number of amides is 1. The van der Waals surface area contributed by atoms with Crippen LogP contribution >= 0.6 is 0 Å². The summed E-state index contributed by atoms with van der Waals surface area (Å²) in [6, 6.07) is 13.1. The highest BCUT2D eigenvalue weighted by atomic mass is 16.5. The van der Waals surface area contributed by atoms with Gasteiger partial charge in [0.1, 0.15) is 11.4 Å². The fourth-order valence-electron chi connectivity index (χ4n) is 3.67. The van der Waals surface area contributed by atoms with Gasteiger partial charge in [-0.05, 0) is 54.8 Å². The predicted molar refractivity (Wildman–Crippen MR) is 131 cm³/mol. The number of hydrogen-bond donors (Lipinski definition) is 1. The third-order valence-corrected chi connectivity index (χ3v) is 5.39. The molecule has 1 amide bonds. The van der Waals surface area contributed by atoms with Gasteiger partial charge in [-0.15, -0.1) is 0 Å². The largest absolute Gasteiger partial charge is 0.495 e. The van der Waals surface area contributed by atoms with Crippen LogP contribution in [0.2, 0.25) is 0 Å². The molecule has 0 aliphatic rings. The predicted octanol–water partition coefficient (Wildman–Crippen LogP) is 4.97. The second-order valence-electron chi connectivity index (χ2n) is 8.31. The number of carbonyl (C=O) groups is 1. The van der Waals surface area contributed by atoms with E-state index in [1.54, 1.807) is 31.9 Å². The molecule has 4 aromatic heterocycles. The van der Waals surface area contributed by atoms with Crippen LogP contribution < -0.4 is 10.1 Å². The van der Waals surface area contributed by atoms with E-state index in [4.69, 9.17) is 4.74 Å². The van der Waals surface area contributed by atoms with Gasteiger partial charge in [-0.3, -0.25) is 24.7 Å². The molecule has 0 aliphatic heterocycles. The third-order valence-electron chi connectivity index (χ3n) is 5.39. The molecule has 0 saturated carbocycles. The quantitative estimate of drug-likeness (QED) is 0.425. The van der Waals surface area contributed by atoms with Crippen molar-refractivity contribution in [2.45, 2.75) is 33.2 Å². The summed E-state index contributed by atoms with van der Waals surface area (Å²) in [6.07, 6.45) is 6.99. The monoisotopic (exact) mass is 453 g/mol. The van der Waals surface area contributed by atoms with E-state index in [2.05, 4.69) is 39.1 Å². The number of nitrogens with one attached hydrogen (secondary N) is 1. The molecular formula is C27H27N5O2. The van der Waals surface area contributed by atoms with Crippen LogP contribution in [0, 0.1) is 6.92 Å². The third kappa shape index (κ3) is 5.09. The van der Waals surface area contributed by atoms with Crippen molar-refractivity contribution in [1.82, 2.24) is 25.3 Å². The molecule has 4 heterocycles. The van der Waals surface area contributed by atoms with E-state index < -0.39 is 0 Å². The van der Waals surface area contributed by atoms with Crippen molar-refractivity contribution >= 4 is 5.91 Å². The van der Waals surface area contributed by atoms with E-state index in [9.17, 15) is 4.79 Å². The molecule has 7 nitrogen and oxygen atoms in total. The highest BCUT2D eigenvalue weighted by Crippen LogP contribution is 2.27. The van der Waals surface area contributed by atoms with Crippen LogP contribution in [-0.4, -0.2) is 33.0 Å². The zero-order valence-corrected chi connectivity index (χ0v) is 19.7. The Kier molecular flexibility index (Phi) is 6.92. The van der Waals surface area contributed by atoms with Gasteiger partial charge in [-0.25, -0.2) is 0 Å². The zero-order valence-electron chi connectivity index (χ0n) is 19.7. The summed E-state index contributed by atoms with van der Waals surface area (Å²) in [7, 11) is 1.63. The number of carbonyl (C=O) groups excluding carboxylic acids is 1. The molecule has 0 radical (unpaired) electrons. The smallest absolute Gasteiger partial charge is 0.253 e. The highest BCUT2D eigenvalue weighted by molar-refractivity contribution is 6.00. The highest BCUT2D eigenvalue weighted by Gasteiger charge is 2.18. The van der Waals surface area contributed by atoms with Gasteiger partial charge in [-0.1, -0.05) is 19.9 Å². The molecule has 0 spiro atoms. The Bertz CT molecular complexity index is 1310. The van der Waals surface area contributed by atoms with Gasteiger partial charge in [0.2, 0.25) is 0 Å². The van der Waals surface area contributed by atoms with Crippen molar-refractivity contribution in [2.24, 2.45) is 0 Å². The number of rotatable bonds is 7. The fourth-order valence-corrected chi connectivity index (χ4v) is 3.67. The lowest BCUT2D eigenvalue weighted by Crippen LogP contribution is -2.24. The topological polar surface area (TPSA) is 89.9 Å². The van der Waals surface area contributed by atoms with Crippen LogP contribution in [0.15, 0.2) is 67.3 Å². The van der Waals surface area contributed by atoms with E-state index in [1.807, 2.05) is 49.4 Å². The molecule has 1 N–H and O–H groups in total. The van der Waals surface area contributed by atoms with Gasteiger partial charge >= 0.3 is 0 Å². The van der Waals surface area contributed by atoms with Crippen LogP contribution in [-0.2, 0) is 6.54 Å². The molecule has 7 heteroatoms. The summed E-state index contributed by atoms with van der Waals surface area (Å²) in [5, 5.41) is 2.99. The molecule has 4 rings (SSSR count). The molecule has 0 saturated heterocycles. The average Bonchev–Trinajstić information content (AvgIpc) is 2.87. The Balaban J connectivity index is 1.66. The standard InChI is InChI=1S/C27H27N5O2/c1-17(2)25-24(34-4)9-8-21(32-25)16-31-27(33)22-12-20(19-11-18(3)13-28-14-19)15-30-26(22)23-7-5-6-10-29-23/h5-15,17H,16H2,1-4H3,(H,31,33). The Morgan fingerprint density at radius 1 is 1.03 bits per heavy atom. The van der Waals surface area contributed by atoms with Crippen molar-refractivity contribution in [3.8, 4) is 28.3 Å². The molecule has 0 fully saturated rings. The van der Waals surface area contributed by atoms with Crippen LogP contribution in [0.25, 0.3) is 22.5 Å². The van der Waals surface area contributed by atoms with Crippen molar-refractivity contribution in [2.75, 3.05) is 7.11 Å². The molecular weight excluding hydrogens is 426 g/mol. The van der Waals surface area contributed by atoms with Gasteiger partial charge < -0.3 is 10.1 Å². The first kappa shape index (κ1) is 23.0. The second kappa shape index (κ2) is 10.2. The van der Waals surface area contributed by atoms with E-state index in [1.165, 1.54) is 0 Å². The number of nitrogens with zero attached hydrogens (tertiary/aromatic N) is 4. The minimum atomic E-state index is -0.251. The summed E-state index contributed by atoms with van der Waals surface area (Å²) in [4.78, 5) is 31.3. The lowest BCUT2D eigenvalue weighted by Gasteiger charge is -2.14. The van der Waals surface area contributed by atoms with Gasteiger partial charge in [0.15, 0.2) is 0 Å². The maximum absolute atomic E-state index is 13.4. The molecule has 34 heavy (non-hydrogen) atoms. The van der Waals surface area contributed by atoms with E-state index in [0.717, 1.165) is 33.8 Å². The number of ether oxygens (including phenoxy) is 1. The van der Waals surface area contributed by atoms with E-state index in [-0.39, 0.29) is 18.4 Å². The SMILES string of the molecule is COc1ccc(CNC(=O)c2cc(-c3cncc(C)c3)cnc2-c2ccccn2)nc1C(C)C. The minimum Gasteiger partial charge on any atom is -0.495 e. The maximum Gasteiger partial charge on any atom is 0.253 e. The van der Waals surface area contributed by atoms with Crippen molar-refractivity contribution in [3.63, 3.8) is 0 Å². The van der Waals surface area contributed by atoms with Gasteiger partial charge in [0, 0.05) is 35.9 Å². The lowest BCUT2D eigenvalue weighted by molar-refractivity contribution is 0.0950. The van der Waals surface area contributed by atoms with Gasteiger partial charge in [-0.2, -0.15) is 0 Å². The Hall–Kier alpha value is -4.13. The Morgan fingerprint density at radius 3 is 2.56 bits per heavy atom. The number of methoxy groups -OCH3 is 1. The number of pyridine rings is 4. The molecule has 172 valence electrons. The molecule has 0 unspecified atom stereocenters. The van der Waals surface area contributed by atoms with E-state index in [0.29, 0.717) is 17.0 Å². The first-order valence-electron chi connectivity index (χ1n) is 11.1. The first-order chi connectivity index (χ1) is 16.5. The average molecular weight is 454 g/mol. The molecule has 0 aromatic carbocycles. The summed E-state index contributed by atoms with van der Waals surface area (Å²) < 4.78 is 5.41. The fraction of sp³-hybridized carbons (Fsp3) is 0.222. The molecule has 4 aromatic rings. The summed E-state index contributed by atoms with van der Waals surface area (Å²) >= 11 is 0.